The summed E-state index contributed by atoms with van der Waals surface area (Å²) in [5.74, 6) is -0.279. The van der Waals surface area contributed by atoms with Crippen LogP contribution in [-0.4, -0.2) is 41.1 Å². The Morgan fingerprint density at radius 2 is 2.04 bits per heavy atom. The molecular formula is C16H17N5O2. The van der Waals surface area contributed by atoms with Crippen molar-refractivity contribution in [1.29, 1.82) is 0 Å². The summed E-state index contributed by atoms with van der Waals surface area (Å²) in [5.41, 5.74) is 5.24. The number of nitrogens with zero attached hydrogens (tertiary/aromatic N) is 2. The molecule has 1 aromatic heterocycles. The van der Waals surface area contributed by atoms with Gasteiger partial charge in [0.2, 0.25) is 0 Å². The number of H-pyrrole nitrogens is 1. The molecule has 3 N–H and O–H groups in total. The molecule has 0 atom stereocenters. The first kappa shape index (κ1) is 13.8. The molecule has 7 nitrogen and oxygen atoms in total. The number of aromatic nitrogens is 1. The highest BCUT2D eigenvalue weighted by Gasteiger charge is 2.20. The molecule has 118 valence electrons. The number of piperidine rings is 1. The number of hydrogen-bond donors (Lipinski definition) is 3. The lowest BCUT2D eigenvalue weighted by Crippen LogP contribution is -2.38. The molecule has 0 radical (unpaired) electrons. The van der Waals surface area contributed by atoms with Gasteiger partial charge in [0.05, 0.1) is 11.8 Å². The Morgan fingerprint density at radius 1 is 1.22 bits per heavy atom. The van der Waals surface area contributed by atoms with Crippen LogP contribution in [0.3, 0.4) is 0 Å². The SMILES string of the molecule is O=C1NN=Cc2c[nH]c3cc(NC(=O)N4CCCCC4)cc1c23. The number of carbonyl (C=O) groups is 2. The Kier molecular flexibility index (Phi) is 3.25. The van der Waals surface area contributed by atoms with Crippen molar-refractivity contribution in [3.63, 3.8) is 0 Å². The Bertz CT molecular complexity index is 817. The molecular weight excluding hydrogens is 294 g/mol. The lowest BCUT2D eigenvalue weighted by atomic mass is 10.1. The maximum absolute atomic E-state index is 12.4. The van der Waals surface area contributed by atoms with Gasteiger partial charge in [-0.15, -0.1) is 0 Å². The first-order valence-corrected chi connectivity index (χ1v) is 7.77. The molecule has 0 bridgehead atoms. The van der Waals surface area contributed by atoms with Gasteiger partial charge < -0.3 is 15.2 Å². The number of aromatic amines is 1. The van der Waals surface area contributed by atoms with Crippen LogP contribution in [0.4, 0.5) is 10.5 Å². The van der Waals surface area contributed by atoms with Crippen LogP contribution in [0, 0.1) is 0 Å². The smallest absolute Gasteiger partial charge is 0.321 e. The normalized spacial score (nSPS) is 17.0. The van der Waals surface area contributed by atoms with Crippen LogP contribution in [0.25, 0.3) is 10.9 Å². The second-order valence-corrected chi connectivity index (χ2v) is 5.87. The number of hydrogen-bond acceptors (Lipinski definition) is 3. The molecule has 2 aliphatic heterocycles. The number of urea groups is 1. The van der Waals surface area contributed by atoms with Gasteiger partial charge in [-0.3, -0.25) is 4.79 Å². The van der Waals surface area contributed by atoms with E-state index in [9.17, 15) is 9.59 Å². The van der Waals surface area contributed by atoms with Gasteiger partial charge in [0.1, 0.15) is 0 Å². The second-order valence-electron chi connectivity index (χ2n) is 5.87. The molecule has 2 aliphatic rings. The first-order valence-electron chi connectivity index (χ1n) is 7.77. The van der Waals surface area contributed by atoms with E-state index < -0.39 is 0 Å². The molecule has 1 saturated heterocycles. The lowest BCUT2D eigenvalue weighted by molar-refractivity contribution is 0.0957. The van der Waals surface area contributed by atoms with Crippen molar-refractivity contribution < 1.29 is 9.59 Å². The van der Waals surface area contributed by atoms with Gasteiger partial charge in [0.15, 0.2) is 0 Å². The zero-order valence-electron chi connectivity index (χ0n) is 12.6. The van der Waals surface area contributed by atoms with E-state index in [0.717, 1.165) is 42.4 Å². The Balaban J connectivity index is 1.67. The van der Waals surface area contributed by atoms with E-state index in [1.807, 2.05) is 11.0 Å². The quantitative estimate of drug-likeness (QED) is 0.754. The van der Waals surface area contributed by atoms with E-state index in [1.165, 1.54) is 6.42 Å². The van der Waals surface area contributed by atoms with Gasteiger partial charge in [-0.1, -0.05) is 0 Å². The van der Waals surface area contributed by atoms with Crippen molar-refractivity contribution >= 4 is 34.7 Å². The van der Waals surface area contributed by atoms with Crippen LogP contribution in [-0.2, 0) is 0 Å². The van der Waals surface area contributed by atoms with Crippen molar-refractivity contribution in [2.24, 2.45) is 5.10 Å². The fourth-order valence-electron chi connectivity index (χ4n) is 3.17. The monoisotopic (exact) mass is 311 g/mol. The average molecular weight is 311 g/mol. The van der Waals surface area contributed by atoms with Gasteiger partial charge >= 0.3 is 6.03 Å². The summed E-state index contributed by atoms with van der Waals surface area (Å²) in [4.78, 5) is 29.5. The van der Waals surface area contributed by atoms with Crippen molar-refractivity contribution in [2.45, 2.75) is 19.3 Å². The lowest BCUT2D eigenvalue weighted by Gasteiger charge is -2.26. The van der Waals surface area contributed by atoms with Crippen LogP contribution < -0.4 is 10.7 Å². The molecule has 0 unspecified atom stereocenters. The highest BCUT2D eigenvalue weighted by Crippen LogP contribution is 2.27. The minimum atomic E-state index is -0.279. The molecule has 3 amide bonds. The predicted molar refractivity (Wildman–Crippen MR) is 87.8 cm³/mol. The number of rotatable bonds is 1. The zero-order valence-corrected chi connectivity index (χ0v) is 12.6. The topological polar surface area (TPSA) is 89.6 Å². The van der Waals surface area contributed by atoms with E-state index in [1.54, 1.807) is 18.5 Å². The van der Waals surface area contributed by atoms with Crippen LogP contribution >= 0.6 is 0 Å². The number of likely N-dealkylation sites (tertiary alicyclic amines) is 1. The van der Waals surface area contributed by atoms with Gasteiger partial charge in [0.25, 0.3) is 5.91 Å². The molecule has 0 aliphatic carbocycles. The molecule has 2 aromatic rings. The highest BCUT2D eigenvalue weighted by atomic mass is 16.2. The van der Waals surface area contributed by atoms with E-state index in [4.69, 9.17) is 0 Å². The molecule has 4 rings (SSSR count). The Labute approximate surface area is 132 Å². The number of benzene rings is 1. The molecule has 7 heteroatoms. The predicted octanol–water partition coefficient (Wildman–Crippen LogP) is 2.26. The van der Waals surface area contributed by atoms with Crippen LogP contribution in [0.2, 0.25) is 0 Å². The minimum Gasteiger partial charge on any atom is -0.360 e. The number of amides is 3. The summed E-state index contributed by atoms with van der Waals surface area (Å²) in [6.07, 6.45) is 6.66. The van der Waals surface area contributed by atoms with E-state index in [-0.39, 0.29) is 11.9 Å². The van der Waals surface area contributed by atoms with Crippen molar-refractivity contribution in [3.05, 3.63) is 29.5 Å². The third-order valence-electron chi connectivity index (χ3n) is 4.32. The minimum absolute atomic E-state index is 0.117. The summed E-state index contributed by atoms with van der Waals surface area (Å²) in [7, 11) is 0. The largest absolute Gasteiger partial charge is 0.360 e. The van der Waals surface area contributed by atoms with E-state index in [2.05, 4.69) is 20.8 Å². The fourth-order valence-corrected chi connectivity index (χ4v) is 3.17. The standard InChI is InChI=1S/C16H17N5O2/c22-15-12-6-11(19-16(23)21-4-2-1-3-5-21)7-13-14(12)10(8-17-13)9-18-20-15/h6-9,17H,1-5H2,(H,19,23)(H,20,22). The maximum atomic E-state index is 12.4. The summed E-state index contributed by atoms with van der Waals surface area (Å²) < 4.78 is 0. The van der Waals surface area contributed by atoms with Crippen LogP contribution in [0.1, 0.15) is 35.2 Å². The molecule has 1 aromatic carbocycles. The molecule has 3 heterocycles. The molecule has 0 spiro atoms. The number of hydrazone groups is 1. The Morgan fingerprint density at radius 3 is 2.87 bits per heavy atom. The van der Waals surface area contributed by atoms with Crippen LogP contribution in [0.15, 0.2) is 23.4 Å². The highest BCUT2D eigenvalue weighted by molar-refractivity contribution is 6.15. The zero-order chi connectivity index (χ0) is 15.8. The molecule has 1 fully saturated rings. The average Bonchev–Trinajstić information content (AvgIpc) is 2.90. The summed E-state index contributed by atoms with van der Waals surface area (Å²) in [6.45, 7) is 1.56. The maximum Gasteiger partial charge on any atom is 0.321 e. The fraction of sp³-hybridized carbons (Fsp3) is 0.312. The molecule has 0 saturated carbocycles. The van der Waals surface area contributed by atoms with E-state index in [0.29, 0.717) is 11.3 Å². The van der Waals surface area contributed by atoms with Gasteiger partial charge in [0, 0.05) is 41.4 Å². The molecule has 23 heavy (non-hydrogen) atoms. The van der Waals surface area contributed by atoms with Crippen molar-refractivity contribution in [1.82, 2.24) is 15.3 Å². The summed E-state index contributed by atoms with van der Waals surface area (Å²) >= 11 is 0. The van der Waals surface area contributed by atoms with Gasteiger partial charge in [-0.05, 0) is 31.4 Å². The summed E-state index contributed by atoms with van der Waals surface area (Å²) in [6, 6.07) is 3.43. The van der Waals surface area contributed by atoms with Gasteiger partial charge in [-0.25, -0.2) is 10.2 Å². The number of nitrogens with one attached hydrogen (secondary N) is 3. The second kappa shape index (κ2) is 5.42. The third kappa shape index (κ3) is 2.44. The van der Waals surface area contributed by atoms with Crippen molar-refractivity contribution in [3.8, 4) is 0 Å². The Hall–Kier alpha value is -2.83. The van der Waals surface area contributed by atoms with Crippen LogP contribution in [0.5, 0.6) is 0 Å². The van der Waals surface area contributed by atoms with E-state index >= 15 is 0 Å². The van der Waals surface area contributed by atoms with Crippen molar-refractivity contribution in [2.75, 3.05) is 18.4 Å². The van der Waals surface area contributed by atoms with Gasteiger partial charge in [-0.2, -0.15) is 5.10 Å². The first-order chi connectivity index (χ1) is 11.2. The number of anilines is 1. The third-order valence-corrected chi connectivity index (χ3v) is 4.32. The summed E-state index contributed by atoms with van der Waals surface area (Å²) in [5, 5.41) is 7.61. The number of carbonyl (C=O) groups excluding carboxylic acids is 2.